The van der Waals surface area contributed by atoms with Gasteiger partial charge in [0.05, 0.1) is 0 Å². The van der Waals surface area contributed by atoms with Crippen LogP contribution < -0.4 is 11.1 Å². The smallest absolute Gasteiger partial charge is 0.224 e. The zero-order valence-electron chi connectivity index (χ0n) is 12.2. The highest BCUT2D eigenvalue weighted by Crippen LogP contribution is 2.32. The van der Waals surface area contributed by atoms with Gasteiger partial charge in [-0.3, -0.25) is 4.79 Å². The summed E-state index contributed by atoms with van der Waals surface area (Å²) >= 11 is 0. The van der Waals surface area contributed by atoms with Gasteiger partial charge in [-0.05, 0) is 43.4 Å². The third-order valence-electron chi connectivity index (χ3n) is 3.71. The molecule has 0 radical (unpaired) electrons. The standard InChI is InChI=1S/C16H24N2O2/c1-12-14(17)4-2-5-15(12)18-16(19)6-3-10-20-11-9-13-7-8-13/h2,4-5,13H,3,6-11,17H2,1H3,(H,18,19). The van der Waals surface area contributed by atoms with Crippen LogP contribution in [-0.2, 0) is 9.53 Å². The number of hydrogen-bond acceptors (Lipinski definition) is 3. The van der Waals surface area contributed by atoms with E-state index in [-0.39, 0.29) is 5.91 Å². The molecule has 1 aliphatic rings. The normalized spacial score (nSPS) is 14.2. The van der Waals surface area contributed by atoms with Gasteiger partial charge in [-0.25, -0.2) is 0 Å². The van der Waals surface area contributed by atoms with E-state index < -0.39 is 0 Å². The molecular weight excluding hydrogens is 252 g/mol. The number of amides is 1. The van der Waals surface area contributed by atoms with Crippen LogP contribution in [0.2, 0.25) is 0 Å². The Morgan fingerprint density at radius 1 is 1.40 bits per heavy atom. The lowest BCUT2D eigenvalue weighted by Crippen LogP contribution is -2.13. The van der Waals surface area contributed by atoms with Crippen molar-refractivity contribution in [1.29, 1.82) is 0 Å². The van der Waals surface area contributed by atoms with Crippen molar-refractivity contribution in [2.24, 2.45) is 5.92 Å². The van der Waals surface area contributed by atoms with Gasteiger partial charge in [0, 0.05) is 31.0 Å². The van der Waals surface area contributed by atoms with Crippen molar-refractivity contribution in [3.63, 3.8) is 0 Å². The third kappa shape index (κ3) is 4.85. The van der Waals surface area contributed by atoms with Gasteiger partial charge in [0.1, 0.15) is 0 Å². The fourth-order valence-corrected chi connectivity index (χ4v) is 2.10. The molecule has 20 heavy (non-hydrogen) atoms. The zero-order chi connectivity index (χ0) is 14.4. The second kappa shape index (κ2) is 7.29. The summed E-state index contributed by atoms with van der Waals surface area (Å²) in [6.07, 6.45) is 5.15. The number of nitrogen functional groups attached to an aromatic ring is 1. The Labute approximate surface area is 120 Å². The first-order chi connectivity index (χ1) is 9.66. The van der Waals surface area contributed by atoms with E-state index in [0.717, 1.165) is 30.2 Å². The predicted molar refractivity (Wildman–Crippen MR) is 81.6 cm³/mol. The van der Waals surface area contributed by atoms with Crippen molar-refractivity contribution in [3.8, 4) is 0 Å². The molecule has 1 amide bonds. The molecule has 1 aromatic carbocycles. The van der Waals surface area contributed by atoms with Crippen molar-refractivity contribution >= 4 is 17.3 Å². The van der Waals surface area contributed by atoms with Crippen LogP contribution in [0.4, 0.5) is 11.4 Å². The van der Waals surface area contributed by atoms with Gasteiger partial charge in [-0.1, -0.05) is 18.9 Å². The number of hydrogen-bond donors (Lipinski definition) is 2. The van der Waals surface area contributed by atoms with Gasteiger partial charge in [0.25, 0.3) is 0 Å². The molecule has 1 aromatic rings. The van der Waals surface area contributed by atoms with E-state index in [9.17, 15) is 4.79 Å². The molecule has 1 fully saturated rings. The minimum absolute atomic E-state index is 0.0180. The first-order valence-electron chi connectivity index (χ1n) is 7.39. The first-order valence-corrected chi connectivity index (χ1v) is 7.39. The van der Waals surface area contributed by atoms with E-state index in [0.29, 0.717) is 18.7 Å². The molecule has 2 rings (SSSR count). The van der Waals surface area contributed by atoms with Gasteiger partial charge < -0.3 is 15.8 Å². The van der Waals surface area contributed by atoms with Crippen molar-refractivity contribution in [2.45, 2.75) is 39.0 Å². The topological polar surface area (TPSA) is 64.3 Å². The van der Waals surface area contributed by atoms with Crippen LogP contribution in [0.1, 0.15) is 37.7 Å². The van der Waals surface area contributed by atoms with E-state index in [4.69, 9.17) is 10.5 Å². The molecule has 110 valence electrons. The number of anilines is 2. The first kappa shape index (κ1) is 14.9. The minimum Gasteiger partial charge on any atom is -0.398 e. The highest BCUT2D eigenvalue weighted by Gasteiger charge is 2.20. The largest absolute Gasteiger partial charge is 0.398 e. The van der Waals surface area contributed by atoms with Crippen molar-refractivity contribution in [1.82, 2.24) is 0 Å². The Morgan fingerprint density at radius 3 is 2.95 bits per heavy atom. The molecule has 0 aromatic heterocycles. The van der Waals surface area contributed by atoms with E-state index >= 15 is 0 Å². The maximum absolute atomic E-state index is 11.8. The molecular formula is C16H24N2O2. The number of ether oxygens (including phenoxy) is 1. The summed E-state index contributed by atoms with van der Waals surface area (Å²) in [5.41, 5.74) is 8.22. The number of nitrogens with two attached hydrogens (primary N) is 1. The molecule has 0 bridgehead atoms. The molecule has 4 heteroatoms. The lowest BCUT2D eigenvalue weighted by molar-refractivity contribution is -0.116. The summed E-state index contributed by atoms with van der Waals surface area (Å²) < 4.78 is 5.53. The van der Waals surface area contributed by atoms with Crippen LogP contribution in [0.25, 0.3) is 0 Å². The Kier molecular flexibility index (Phi) is 5.41. The molecule has 0 aliphatic heterocycles. The van der Waals surface area contributed by atoms with Crippen LogP contribution in [0.5, 0.6) is 0 Å². The quantitative estimate of drug-likeness (QED) is 0.566. The highest BCUT2D eigenvalue weighted by molar-refractivity contribution is 5.92. The van der Waals surface area contributed by atoms with Gasteiger partial charge >= 0.3 is 0 Å². The monoisotopic (exact) mass is 276 g/mol. The number of nitrogens with one attached hydrogen (secondary N) is 1. The number of rotatable bonds is 8. The van der Waals surface area contributed by atoms with Gasteiger partial charge in [-0.2, -0.15) is 0 Å². The van der Waals surface area contributed by atoms with Crippen molar-refractivity contribution < 1.29 is 9.53 Å². The van der Waals surface area contributed by atoms with Gasteiger partial charge in [-0.15, -0.1) is 0 Å². The number of benzene rings is 1. The lowest BCUT2D eigenvalue weighted by atomic mass is 10.1. The Balaban J connectivity index is 1.60. The minimum atomic E-state index is 0.0180. The van der Waals surface area contributed by atoms with E-state index in [1.54, 1.807) is 0 Å². The molecule has 4 nitrogen and oxygen atoms in total. The SMILES string of the molecule is Cc1c(N)cccc1NC(=O)CCCOCCC1CC1. The number of carbonyl (C=O) groups is 1. The predicted octanol–water partition coefficient (Wildman–Crippen LogP) is 3.11. The summed E-state index contributed by atoms with van der Waals surface area (Å²) in [6, 6.07) is 5.55. The summed E-state index contributed by atoms with van der Waals surface area (Å²) in [5, 5.41) is 2.90. The average Bonchev–Trinajstić information content (AvgIpc) is 3.23. The molecule has 1 aliphatic carbocycles. The zero-order valence-corrected chi connectivity index (χ0v) is 12.2. The maximum Gasteiger partial charge on any atom is 0.224 e. The summed E-state index contributed by atoms with van der Waals surface area (Å²) in [5.74, 6) is 0.925. The second-order valence-electron chi connectivity index (χ2n) is 5.52. The van der Waals surface area contributed by atoms with E-state index in [1.165, 1.54) is 19.3 Å². The summed E-state index contributed by atoms with van der Waals surface area (Å²) in [4.78, 5) is 11.8. The second-order valence-corrected chi connectivity index (χ2v) is 5.52. The molecule has 3 N–H and O–H groups in total. The van der Waals surface area contributed by atoms with Crippen LogP contribution in [0.15, 0.2) is 18.2 Å². The highest BCUT2D eigenvalue weighted by atomic mass is 16.5. The number of carbonyl (C=O) groups excluding carboxylic acids is 1. The fourth-order valence-electron chi connectivity index (χ4n) is 2.10. The molecule has 0 unspecified atom stereocenters. The maximum atomic E-state index is 11.8. The molecule has 0 heterocycles. The lowest BCUT2D eigenvalue weighted by Gasteiger charge is -2.10. The van der Waals surface area contributed by atoms with Crippen LogP contribution in [0, 0.1) is 12.8 Å². The molecule has 1 saturated carbocycles. The van der Waals surface area contributed by atoms with Crippen molar-refractivity contribution in [2.75, 3.05) is 24.3 Å². The Bertz CT molecular complexity index is 456. The van der Waals surface area contributed by atoms with Gasteiger partial charge in [0.2, 0.25) is 5.91 Å². The Morgan fingerprint density at radius 2 is 2.20 bits per heavy atom. The van der Waals surface area contributed by atoms with E-state index in [2.05, 4.69) is 5.32 Å². The Hall–Kier alpha value is -1.55. The molecule has 0 spiro atoms. The van der Waals surface area contributed by atoms with Crippen LogP contribution >= 0.6 is 0 Å². The summed E-state index contributed by atoms with van der Waals surface area (Å²) in [6.45, 7) is 3.41. The molecule has 0 saturated heterocycles. The average molecular weight is 276 g/mol. The molecule has 0 atom stereocenters. The van der Waals surface area contributed by atoms with E-state index in [1.807, 2.05) is 25.1 Å². The summed E-state index contributed by atoms with van der Waals surface area (Å²) in [7, 11) is 0. The van der Waals surface area contributed by atoms with Crippen molar-refractivity contribution in [3.05, 3.63) is 23.8 Å². The fraction of sp³-hybridized carbons (Fsp3) is 0.562. The van der Waals surface area contributed by atoms with Gasteiger partial charge in [0.15, 0.2) is 0 Å². The van der Waals surface area contributed by atoms with Crippen LogP contribution in [0.3, 0.4) is 0 Å². The van der Waals surface area contributed by atoms with Crippen LogP contribution in [-0.4, -0.2) is 19.1 Å². The third-order valence-corrected chi connectivity index (χ3v) is 3.71.